The van der Waals surface area contributed by atoms with Crippen molar-refractivity contribution >= 4 is 12.2 Å². The lowest BCUT2D eigenvalue weighted by atomic mass is 9.99. The highest BCUT2D eigenvalue weighted by Gasteiger charge is 2.27. The third kappa shape index (κ3) is 5.69. The summed E-state index contributed by atoms with van der Waals surface area (Å²) in [4.78, 5) is 32.9. The first kappa shape index (κ1) is 23.9. The number of nitrogens with zero attached hydrogens (tertiary/aromatic N) is 4. The first-order valence-electron chi connectivity index (χ1n) is 12.6. The van der Waals surface area contributed by atoms with Crippen LogP contribution in [0.3, 0.4) is 0 Å². The van der Waals surface area contributed by atoms with Crippen molar-refractivity contribution in [2.24, 2.45) is 0 Å². The van der Waals surface area contributed by atoms with Gasteiger partial charge in [-0.15, -0.1) is 0 Å². The number of carbonyl (C=O) groups is 2. The third-order valence-corrected chi connectivity index (χ3v) is 6.74. The predicted octanol–water partition coefficient (Wildman–Crippen LogP) is 3.69. The molecule has 0 fully saturated rings. The number of aryl methyl sites for hydroxylation is 4. The molecule has 0 aliphatic carbocycles. The number of rotatable bonds is 10. The van der Waals surface area contributed by atoms with Crippen LogP contribution in [0.2, 0.25) is 0 Å². The molecule has 3 aromatic rings. The average molecular weight is 493 g/mol. The van der Waals surface area contributed by atoms with Crippen molar-refractivity contribution in [3.8, 4) is 0 Å². The molecule has 0 radical (unpaired) electrons. The molecule has 36 heavy (non-hydrogen) atoms. The SMILES string of the molecule is O=C(NCCCc1ccccc1CCCNC(=O)O[C@@H]1CCn2ccnc21)O[C@@H]1CCn2ccnc21. The van der Waals surface area contributed by atoms with Gasteiger partial charge in [0.05, 0.1) is 0 Å². The number of hydrogen-bond donors (Lipinski definition) is 2. The summed E-state index contributed by atoms with van der Waals surface area (Å²) in [5, 5.41) is 5.71. The van der Waals surface area contributed by atoms with E-state index in [0.717, 1.165) is 63.3 Å². The Morgan fingerprint density at radius 3 is 1.75 bits per heavy atom. The fourth-order valence-electron chi connectivity index (χ4n) is 4.92. The van der Waals surface area contributed by atoms with Crippen molar-refractivity contribution in [3.63, 3.8) is 0 Å². The first-order chi connectivity index (χ1) is 17.7. The summed E-state index contributed by atoms with van der Waals surface area (Å²) in [5.41, 5.74) is 2.51. The molecule has 10 heteroatoms. The van der Waals surface area contributed by atoms with Crippen molar-refractivity contribution in [1.82, 2.24) is 29.7 Å². The number of alkyl carbamates (subject to hydrolysis) is 2. The number of fused-ring (bicyclic) bond motifs is 2. The normalized spacial score (nSPS) is 17.9. The number of aromatic nitrogens is 4. The molecule has 2 aromatic heterocycles. The lowest BCUT2D eigenvalue weighted by molar-refractivity contribution is 0.0954. The molecule has 1 aromatic carbocycles. The summed E-state index contributed by atoms with van der Waals surface area (Å²) in [7, 11) is 0. The van der Waals surface area contributed by atoms with E-state index < -0.39 is 12.2 Å². The molecule has 2 atom stereocenters. The highest BCUT2D eigenvalue weighted by molar-refractivity contribution is 5.67. The monoisotopic (exact) mass is 492 g/mol. The van der Waals surface area contributed by atoms with Crippen molar-refractivity contribution in [2.45, 2.75) is 63.8 Å². The zero-order chi connectivity index (χ0) is 24.7. The van der Waals surface area contributed by atoms with E-state index in [1.54, 1.807) is 12.4 Å². The minimum atomic E-state index is -0.399. The van der Waals surface area contributed by atoms with Gasteiger partial charge >= 0.3 is 12.2 Å². The van der Waals surface area contributed by atoms with Crippen LogP contribution in [0.25, 0.3) is 0 Å². The van der Waals surface area contributed by atoms with Crippen LogP contribution >= 0.6 is 0 Å². The fourth-order valence-corrected chi connectivity index (χ4v) is 4.92. The molecule has 10 nitrogen and oxygen atoms in total. The van der Waals surface area contributed by atoms with E-state index >= 15 is 0 Å². The average Bonchev–Trinajstić information content (AvgIpc) is 3.66. The Morgan fingerprint density at radius 2 is 1.28 bits per heavy atom. The van der Waals surface area contributed by atoms with Gasteiger partial charge in [-0.25, -0.2) is 19.6 Å². The number of benzene rings is 1. The number of nitrogens with one attached hydrogen (secondary N) is 2. The van der Waals surface area contributed by atoms with Crippen LogP contribution in [0.15, 0.2) is 49.1 Å². The Kier molecular flexibility index (Phi) is 7.49. The lowest BCUT2D eigenvalue weighted by Crippen LogP contribution is -2.27. The molecule has 2 N–H and O–H groups in total. The third-order valence-electron chi connectivity index (χ3n) is 6.74. The van der Waals surface area contributed by atoms with Crippen molar-refractivity contribution in [3.05, 3.63) is 71.8 Å². The van der Waals surface area contributed by atoms with Crippen molar-refractivity contribution in [1.29, 1.82) is 0 Å². The Bertz CT molecular complexity index is 1100. The second-order valence-electron chi connectivity index (χ2n) is 9.15. The van der Waals surface area contributed by atoms with Gasteiger partial charge in [-0.05, 0) is 36.8 Å². The molecule has 0 saturated heterocycles. The van der Waals surface area contributed by atoms with E-state index in [1.807, 2.05) is 33.7 Å². The fraction of sp³-hybridized carbons (Fsp3) is 0.462. The molecule has 5 rings (SSSR count). The zero-order valence-electron chi connectivity index (χ0n) is 20.3. The van der Waals surface area contributed by atoms with Crippen molar-refractivity contribution < 1.29 is 19.1 Å². The van der Waals surface area contributed by atoms with Crippen LogP contribution in [-0.4, -0.2) is 44.4 Å². The van der Waals surface area contributed by atoms with Gasteiger partial charge in [0.1, 0.15) is 11.6 Å². The molecule has 2 aliphatic heterocycles. The molecule has 190 valence electrons. The van der Waals surface area contributed by atoms with Gasteiger partial charge in [-0.3, -0.25) is 0 Å². The maximum atomic E-state index is 12.2. The van der Waals surface area contributed by atoms with Crippen LogP contribution in [0.4, 0.5) is 9.59 Å². The van der Waals surface area contributed by atoms with E-state index in [1.165, 1.54) is 11.1 Å². The smallest absolute Gasteiger partial charge is 0.407 e. The van der Waals surface area contributed by atoms with Crippen LogP contribution in [0.5, 0.6) is 0 Å². The van der Waals surface area contributed by atoms with Crippen LogP contribution in [0.1, 0.15) is 60.7 Å². The second-order valence-corrected chi connectivity index (χ2v) is 9.15. The minimum Gasteiger partial charge on any atom is -0.438 e. The standard InChI is InChI=1S/C26H32N6O4/c33-25(35-21-9-15-31-17-13-27-23(21)31)29-11-3-7-19-5-1-2-6-20(19)8-4-12-30-26(34)36-22-10-16-32-18-14-28-24(22)32/h1-2,5-6,13-14,17-18,21-22H,3-4,7-12,15-16H2,(H,29,33)(H,30,34)/t21-,22-/m1/s1. The number of hydrogen-bond acceptors (Lipinski definition) is 6. The number of amides is 2. The Morgan fingerprint density at radius 1 is 0.806 bits per heavy atom. The lowest BCUT2D eigenvalue weighted by Gasteiger charge is -2.13. The molecule has 2 amide bonds. The van der Waals surface area contributed by atoms with Gasteiger partial charge in [0.25, 0.3) is 0 Å². The quantitative estimate of drug-likeness (QED) is 0.418. The second kappa shape index (κ2) is 11.3. The van der Waals surface area contributed by atoms with E-state index in [9.17, 15) is 9.59 Å². The highest BCUT2D eigenvalue weighted by atomic mass is 16.6. The van der Waals surface area contributed by atoms with Crippen molar-refractivity contribution in [2.75, 3.05) is 13.1 Å². The molecular weight excluding hydrogens is 460 g/mol. The highest BCUT2D eigenvalue weighted by Crippen LogP contribution is 2.28. The molecule has 0 spiro atoms. The van der Waals surface area contributed by atoms with Crippen LogP contribution in [0, 0.1) is 0 Å². The number of ether oxygens (including phenoxy) is 2. The Hall–Kier alpha value is -3.82. The van der Waals surface area contributed by atoms with Crippen LogP contribution in [-0.2, 0) is 35.4 Å². The summed E-state index contributed by atoms with van der Waals surface area (Å²) in [5.74, 6) is 1.63. The summed E-state index contributed by atoms with van der Waals surface area (Å²) in [6.07, 6.45) is 10.8. The van der Waals surface area contributed by atoms with Gasteiger partial charge in [-0.2, -0.15) is 0 Å². The Labute approximate surface area is 210 Å². The summed E-state index contributed by atoms with van der Waals surface area (Å²) in [6, 6.07) is 8.31. The maximum absolute atomic E-state index is 12.2. The molecular formula is C26H32N6O4. The summed E-state index contributed by atoms with van der Waals surface area (Å²) < 4.78 is 15.1. The van der Waals surface area contributed by atoms with E-state index in [4.69, 9.17) is 9.47 Å². The topological polar surface area (TPSA) is 112 Å². The molecule has 2 aliphatic rings. The van der Waals surface area contributed by atoms with Gasteiger partial charge in [-0.1, -0.05) is 24.3 Å². The number of carbonyl (C=O) groups excluding carboxylic acids is 2. The van der Waals surface area contributed by atoms with Gasteiger partial charge < -0.3 is 29.2 Å². The minimum absolute atomic E-state index is 0.270. The molecule has 4 heterocycles. The van der Waals surface area contributed by atoms with Gasteiger partial charge in [0.15, 0.2) is 12.2 Å². The van der Waals surface area contributed by atoms with E-state index in [0.29, 0.717) is 13.1 Å². The predicted molar refractivity (Wildman–Crippen MR) is 131 cm³/mol. The van der Waals surface area contributed by atoms with Crippen LogP contribution < -0.4 is 10.6 Å². The van der Waals surface area contributed by atoms with E-state index in [-0.39, 0.29) is 12.2 Å². The summed E-state index contributed by atoms with van der Waals surface area (Å²) in [6.45, 7) is 2.74. The number of imidazole rings is 2. The Balaban J connectivity index is 0.984. The molecule has 0 unspecified atom stereocenters. The maximum Gasteiger partial charge on any atom is 0.407 e. The molecule has 0 saturated carbocycles. The van der Waals surface area contributed by atoms with E-state index in [2.05, 4.69) is 32.7 Å². The zero-order valence-corrected chi connectivity index (χ0v) is 20.3. The first-order valence-corrected chi connectivity index (χ1v) is 12.6. The largest absolute Gasteiger partial charge is 0.438 e. The van der Waals surface area contributed by atoms with Gasteiger partial charge in [0, 0.05) is 63.8 Å². The summed E-state index contributed by atoms with van der Waals surface area (Å²) >= 11 is 0. The molecule has 0 bridgehead atoms. The van der Waals surface area contributed by atoms with Gasteiger partial charge in [0.2, 0.25) is 0 Å².